The van der Waals surface area contributed by atoms with Gasteiger partial charge in [0, 0.05) is 19.6 Å². The molecule has 1 aromatic rings. The summed E-state index contributed by atoms with van der Waals surface area (Å²) in [5.74, 6) is -1.83. The van der Waals surface area contributed by atoms with Gasteiger partial charge in [-0.25, -0.2) is 8.78 Å². The van der Waals surface area contributed by atoms with E-state index in [1.807, 2.05) is 0 Å². The predicted octanol–water partition coefficient (Wildman–Crippen LogP) is 2.96. The summed E-state index contributed by atoms with van der Waals surface area (Å²) in [4.78, 5) is 11.8. The van der Waals surface area contributed by atoms with Crippen molar-refractivity contribution in [2.24, 2.45) is 5.92 Å². The summed E-state index contributed by atoms with van der Waals surface area (Å²) in [6.07, 6.45) is 1.75. The minimum atomic E-state index is -0.776. The highest BCUT2D eigenvalue weighted by Crippen LogP contribution is 2.23. The van der Waals surface area contributed by atoms with Gasteiger partial charge in [-0.2, -0.15) is 0 Å². The Morgan fingerprint density at radius 2 is 1.82 bits per heavy atom. The zero-order valence-corrected chi connectivity index (χ0v) is 9.42. The van der Waals surface area contributed by atoms with Gasteiger partial charge in [0.1, 0.15) is 11.6 Å². The zero-order chi connectivity index (χ0) is 12.3. The Labute approximate surface area is 98.6 Å². The monoisotopic (exact) mass is 240 g/mol. The first-order valence-electron chi connectivity index (χ1n) is 5.73. The molecule has 0 radical (unpaired) electrons. The Morgan fingerprint density at radius 1 is 1.24 bits per heavy atom. The molecule has 0 bridgehead atoms. The van der Waals surface area contributed by atoms with E-state index in [-0.39, 0.29) is 12.3 Å². The molecule has 1 saturated heterocycles. The lowest BCUT2D eigenvalue weighted by molar-refractivity contribution is 0.0599. The van der Waals surface area contributed by atoms with Gasteiger partial charge in [-0.15, -0.1) is 0 Å². The van der Waals surface area contributed by atoms with Gasteiger partial charge in [0.05, 0.1) is 5.56 Å². The molecule has 2 nitrogen and oxygen atoms in total. The predicted molar refractivity (Wildman–Crippen MR) is 58.8 cm³/mol. The van der Waals surface area contributed by atoms with Gasteiger partial charge in [0.15, 0.2) is 5.78 Å². The van der Waals surface area contributed by atoms with Gasteiger partial charge in [-0.05, 0) is 30.9 Å². The third-order valence-corrected chi connectivity index (χ3v) is 3.06. The van der Waals surface area contributed by atoms with E-state index in [9.17, 15) is 13.6 Å². The molecule has 2 rings (SSSR count). The second-order valence-electron chi connectivity index (χ2n) is 4.28. The molecule has 0 aromatic heterocycles. The average molecular weight is 240 g/mol. The smallest absolute Gasteiger partial charge is 0.169 e. The lowest BCUT2D eigenvalue weighted by Crippen LogP contribution is -2.19. The Morgan fingerprint density at radius 3 is 2.41 bits per heavy atom. The first-order valence-corrected chi connectivity index (χ1v) is 5.73. The summed E-state index contributed by atoms with van der Waals surface area (Å²) in [6.45, 7) is 1.25. The number of hydrogen-bond acceptors (Lipinski definition) is 2. The van der Waals surface area contributed by atoms with Crippen LogP contribution in [0.25, 0.3) is 0 Å². The van der Waals surface area contributed by atoms with Crippen LogP contribution in [-0.4, -0.2) is 19.0 Å². The van der Waals surface area contributed by atoms with Gasteiger partial charge >= 0.3 is 0 Å². The number of carbonyl (C=O) groups is 1. The van der Waals surface area contributed by atoms with Crippen molar-refractivity contribution in [3.8, 4) is 0 Å². The van der Waals surface area contributed by atoms with E-state index in [4.69, 9.17) is 4.74 Å². The van der Waals surface area contributed by atoms with Gasteiger partial charge in [0.2, 0.25) is 0 Å². The Bertz CT molecular complexity index is 392. The van der Waals surface area contributed by atoms with Crippen molar-refractivity contribution < 1.29 is 18.3 Å². The summed E-state index contributed by atoms with van der Waals surface area (Å²) in [5.41, 5.74) is -0.404. The third-order valence-electron chi connectivity index (χ3n) is 3.06. The standard InChI is InChI=1S/C13H14F2O2/c14-10-2-1-3-11(15)13(10)12(16)8-9-4-6-17-7-5-9/h1-3,9H,4-8H2. The minimum Gasteiger partial charge on any atom is -0.381 e. The summed E-state index contributed by atoms with van der Waals surface area (Å²) >= 11 is 0. The second-order valence-corrected chi connectivity index (χ2v) is 4.28. The van der Waals surface area contributed by atoms with Gasteiger partial charge in [-0.1, -0.05) is 6.07 Å². The third kappa shape index (κ3) is 2.88. The maximum absolute atomic E-state index is 13.4. The molecular weight excluding hydrogens is 226 g/mol. The molecule has 1 heterocycles. The molecule has 1 aromatic carbocycles. The first kappa shape index (κ1) is 12.2. The molecule has 0 N–H and O–H groups in total. The summed E-state index contributed by atoms with van der Waals surface area (Å²) < 4.78 is 31.9. The van der Waals surface area contributed by atoms with Gasteiger partial charge in [0.25, 0.3) is 0 Å². The normalized spacial score (nSPS) is 17.1. The fraction of sp³-hybridized carbons (Fsp3) is 0.462. The molecular formula is C13H14F2O2. The van der Waals surface area contributed by atoms with E-state index in [1.54, 1.807) is 0 Å². The van der Waals surface area contributed by atoms with Gasteiger partial charge < -0.3 is 4.74 Å². The number of carbonyl (C=O) groups excluding carboxylic acids is 1. The molecule has 1 aliphatic rings. The van der Waals surface area contributed by atoms with Crippen LogP contribution in [0.4, 0.5) is 8.78 Å². The molecule has 92 valence electrons. The van der Waals surface area contributed by atoms with E-state index in [0.29, 0.717) is 13.2 Å². The highest BCUT2D eigenvalue weighted by molar-refractivity contribution is 5.96. The maximum atomic E-state index is 13.4. The molecule has 1 fully saturated rings. The molecule has 0 spiro atoms. The molecule has 0 aliphatic carbocycles. The lowest BCUT2D eigenvalue weighted by atomic mass is 9.92. The minimum absolute atomic E-state index is 0.176. The molecule has 1 aliphatic heterocycles. The average Bonchev–Trinajstić information content (AvgIpc) is 2.30. The van der Waals surface area contributed by atoms with Gasteiger partial charge in [-0.3, -0.25) is 4.79 Å². The van der Waals surface area contributed by atoms with E-state index in [1.165, 1.54) is 6.07 Å². The number of ketones is 1. The highest BCUT2D eigenvalue weighted by Gasteiger charge is 2.22. The fourth-order valence-electron chi connectivity index (χ4n) is 2.08. The van der Waals surface area contributed by atoms with Crippen molar-refractivity contribution in [2.75, 3.05) is 13.2 Å². The van der Waals surface area contributed by atoms with Crippen LogP contribution in [0, 0.1) is 17.6 Å². The molecule has 0 amide bonds. The van der Waals surface area contributed by atoms with Crippen LogP contribution in [0.1, 0.15) is 29.6 Å². The molecule has 0 atom stereocenters. The van der Waals surface area contributed by atoms with E-state index in [0.717, 1.165) is 25.0 Å². The lowest BCUT2D eigenvalue weighted by Gasteiger charge is -2.21. The van der Waals surface area contributed by atoms with Crippen molar-refractivity contribution in [3.05, 3.63) is 35.4 Å². The molecule has 0 saturated carbocycles. The molecule has 4 heteroatoms. The van der Waals surface area contributed by atoms with Crippen molar-refractivity contribution in [2.45, 2.75) is 19.3 Å². The molecule has 17 heavy (non-hydrogen) atoms. The highest BCUT2D eigenvalue weighted by atomic mass is 19.1. The number of hydrogen-bond donors (Lipinski definition) is 0. The number of ether oxygens (including phenoxy) is 1. The van der Waals surface area contributed by atoms with Crippen LogP contribution in [0.2, 0.25) is 0 Å². The maximum Gasteiger partial charge on any atom is 0.169 e. The van der Waals surface area contributed by atoms with Crippen LogP contribution in [0.5, 0.6) is 0 Å². The summed E-state index contributed by atoms with van der Waals surface area (Å²) in [5, 5.41) is 0. The van der Waals surface area contributed by atoms with E-state index >= 15 is 0 Å². The van der Waals surface area contributed by atoms with Crippen LogP contribution < -0.4 is 0 Å². The topological polar surface area (TPSA) is 26.3 Å². The van der Waals surface area contributed by atoms with E-state index in [2.05, 4.69) is 0 Å². The summed E-state index contributed by atoms with van der Waals surface area (Å²) in [6, 6.07) is 3.48. The second kappa shape index (κ2) is 5.36. The first-order chi connectivity index (χ1) is 8.18. The largest absolute Gasteiger partial charge is 0.381 e. The van der Waals surface area contributed by atoms with Crippen LogP contribution in [-0.2, 0) is 4.74 Å². The number of Topliss-reactive ketones (excluding diaryl/α,β-unsaturated/α-hetero) is 1. The SMILES string of the molecule is O=C(CC1CCOCC1)c1c(F)cccc1F. The quantitative estimate of drug-likeness (QED) is 0.759. The van der Waals surface area contributed by atoms with Crippen LogP contribution in [0.3, 0.4) is 0 Å². The Balaban J connectivity index is 2.08. The van der Waals surface area contributed by atoms with E-state index < -0.39 is 23.0 Å². The Kier molecular flexibility index (Phi) is 3.84. The van der Waals surface area contributed by atoms with Crippen LogP contribution >= 0.6 is 0 Å². The number of rotatable bonds is 3. The Hall–Kier alpha value is -1.29. The molecule has 0 unspecified atom stereocenters. The number of benzene rings is 1. The van der Waals surface area contributed by atoms with Crippen LogP contribution in [0.15, 0.2) is 18.2 Å². The van der Waals surface area contributed by atoms with Crippen molar-refractivity contribution >= 4 is 5.78 Å². The summed E-state index contributed by atoms with van der Waals surface area (Å²) in [7, 11) is 0. The van der Waals surface area contributed by atoms with Crippen molar-refractivity contribution in [1.29, 1.82) is 0 Å². The number of halogens is 2. The fourth-order valence-corrected chi connectivity index (χ4v) is 2.08. The van der Waals surface area contributed by atoms with Crippen molar-refractivity contribution in [3.63, 3.8) is 0 Å². The van der Waals surface area contributed by atoms with Crippen molar-refractivity contribution in [1.82, 2.24) is 0 Å². The zero-order valence-electron chi connectivity index (χ0n) is 9.42.